The van der Waals surface area contributed by atoms with E-state index in [1.165, 1.54) is 7.11 Å². The van der Waals surface area contributed by atoms with Crippen molar-refractivity contribution in [2.24, 2.45) is 0 Å². The lowest BCUT2D eigenvalue weighted by atomic mass is 9.72. The summed E-state index contributed by atoms with van der Waals surface area (Å²) in [6.45, 7) is 1.76. The molecule has 0 aliphatic heterocycles. The van der Waals surface area contributed by atoms with E-state index in [1.807, 2.05) is 0 Å². The standard InChI is InChI=1S/C4H9B2O2/c1-3(5)4(6-7)8-2/h3-4,7H,1-2H3. The highest BCUT2D eigenvalue weighted by atomic mass is 16.5. The monoisotopic (exact) mass is 111 g/mol. The second kappa shape index (κ2) is 3.98. The molecule has 0 aliphatic rings. The van der Waals surface area contributed by atoms with Gasteiger partial charge in [-0.05, 0) is 0 Å². The van der Waals surface area contributed by atoms with Gasteiger partial charge in [-0.3, -0.25) is 0 Å². The largest absolute Gasteiger partial charge is 0.452 e. The van der Waals surface area contributed by atoms with Crippen molar-refractivity contribution >= 4 is 15.3 Å². The van der Waals surface area contributed by atoms with Crippen LogP contribution in [-0.4, -0.2) is 33.5 Å². The Kier molecular flexibility index (Phi) is 4.01. The van der Waals surface area contributed by atoms with Crippen LogP contribution in [0, 0.1) is 0 Å². The molecule has 0 saturated carbocycles. The van der Waals surface area contributed by atoms with Gasteiger partial charge < -0.3 is 9.76 Å². The molecule has 0 spiro atoms. The average Bonchev–Trinajstić information content (AvgIpc) is 1.69. The van der Waals surface area contributed by atoms with E-state index >= 15 is 0 Å². The summed E-state index contributed by atoms with van der Waals surface area (Å²) < 4.78 is 4.73. The smallest absolute Gasteiger partial charge is 0.319 e. The number of rotatable bonds is 3. The highest BCUT2D eigenvalue weighted by Gasteiger charge is 2.10. The normalized spacial score (nSPS) is 17.4. The van der Waals surface area contributed by atoms with Crippen molar-refractivity contribution in [1.29, 1.82) is 0 Å². The van der Waals surface area contributed by atoms with E-state index in [0.29, 0.717) is 0 Å². The van der Waals surface area contributed by atoms with Crippen molar-refractivity contribution in [1.82, 2.24) is 0 Å². The zero-order valence-corrected chi connectivity index (χ0v) is 5.16. The Morgan fingerprint density at radius 3 is 2.25 bits per heavy atom. The molecule has 1 N–H and O–H groups in total. The predicted octanol–water partition coefficient (Wildman–Crippen LogP) is -0.453. The number of ether oxygens (including phenoxy) is 1. The first-order chi connectivity index (χ1) is 3.72. The molecule has 0 fully saturated rings. The van der Waals surface area contributed by atoms with E-state index in [4.69, 9.17) is 17.6 Å². The minimum Gasteiger partial charge on any atom is -0.452 e. The summed E-state index contributed by atoms with van der Waals surface area (Å²) >= 11 is 0. The van der Waals surface area contributed by atoms with Crippen molar-refractivity contribution < 1.29 is 9.76 Å². The van der Waals surface area contributed by atoms with Gasteiger partial charge in [0.1, 0.15) is 0 Å². The molecule has 2 unspecified atom stereocenters. The highest BCUT2D eigenvalue weighted by Crippen LogP contribution is 2.04. The van der Waals surface area contributed by atoms with Gasteiger partial charge in [0.15, 0.2) is 0 Å². The molecular weight excluding hydrogens is 102 g/mol. The van der Waals surface area contributed by atoms with Crippen molar-refractivity contribution in [3.05, 3.63) is 0 Å². The Morgan fingerprint density at radius 1 is 1.75 bits per heavy atom. The van der Waals surface area contributed by atoms with Gasteiger partial charge in [-0.15, -0.1) is 0 Å². The zero-order chi connectivity index (χ0) is 6.57. The van der Waals surface area contributed by atoms with Gasteiger partial charge in [-0.25, -0.2) is 0 Å². The first-order valence-electron chi connectivity index (χ1n) is 2.48. The molecular formula is C4H9B2O2. The molecule has 43 valence electrons. The molecule has 0 saturated heterocycles. The Balaban J connectivity index is 3.35. The molecule has 4 heteroatoms. The molecule has 0 amide bonds. The Morgan fingerprint density at radius 2 is 2.25 bits per heavy atom. The predicted molar refractivity (Wildman–Crippen MR) is 33.9 cm³/mol. The summed E-state index contributed by atoms with van der Waals surface area (Å²) in [6.07, 6.45) is 0. The molecule has 0 bridgehead atoms. The molecule has 0 heterocycles. The van der Waals surface area contributed by atoms with Crippen LogP contribution in [0.1, 0.15) is 6.92 Å². The van der Waals surface area contributed by atoms with Crippen molar-refractivity contribution in [2.75, 3.05) is 7.11 Å². The fourth-order valence-electron chi connectivity index (χ4n) is 0.411. The second-order valence-electron chi connectivity index (χ2n) is 1.71. The highest BCUT2D eigenvalue weighted by molar-refractivity contribution is 6.31. The van der Waals surface area contributed by atoms with Crippen molar-refractivity contribution in [3.8, 4) is 0 Å². The maximum Gasteiger partial charge on any atom is 0.319 e. The van der Waals surface area contributed by atoms with Crippen LogP contribution >= 0.6 is 0 Å². The van der Waals surface area contributed by atoms with Gasteiger partial charge in [-0.2, -0.15) is 0 Å². The van der Waals surface area contributed by atoms with Crippen LogP contribution in [0.5, 0.6) is 0 Å². The van der Waals surface area contributed by atoms with Gasteiger partial charge in [0.05, 0.1) is 13.8 Å². The summed E-state index contributed by atoms with van der Waals surface area (Å²) in [5.74, 6) is -0.148. The van der Waals surface area contributed by atoms with E-state index in [0.717, 1.165) is 7.48 Å². The molecule has 2 nitrogen and oxygen atoms in total. The van der Waals surface area contributed by atoms with Crippen molar-refractivity contribution in [2.45, 2.75) is 18.7 Å². The molecule has 8 heavy (non-hydrogen) atoms. The van der Waals surface area contributed by atoms with Crippen molar-refractivity contribution in [3.63, 3.8) is 0 Å². The summed E-state index contributed by atoms with van der Waals surface area (Å²) in [7, 11) is 7.79. The lowest BCUT2D eigenvalue weighted by molar-refractivity contribution is 0.152. The summed E-state index contributed by atoms with van der Waals surface area (Å²) in [5.41, 5.74) is 0. The summed E-state index contributed by atoms with van der Waals surface area (Å²) in [4.78, 5) is 0. The van der Waals surface area contributed by atoms with Gasteiger partial charge in [0.2, 0.25) is 0 Å². The lowest BCUT2D eigenvalue weighted by Crippen LogP contribution is -2.23. The summed E-state index contributed by atoms with van der Waals surface area (Å²) in [6, 6.07) is -0.338. The summed E-state index contributed by atoms with van der Waals surface area (Å²) in [5, 5.41) is 8.37. The Bertz CT molecular complexity index is 54.0. The minimum absolute atomic E-state index is 0.148. The first-order valence-corrected chi connectivity index (χ1v) is 2.48. The van der Waals surface area contributed by atoms with Crippen LogP contribution in [0.25, 0.3) is 0 Å². The molecule has 0 aromatic carbocycles. The maximum absolute atomic E-state index is 8.37. The van der Waals surface area contributed by atoms with Crippen LogP contribution in [0.3, 0.4) is 0 Å². The molecule has 0 rings (SSSR count). The molecule has 0 aliphatic carbocycles. The van der Waals surface area contributed by atoms with E-state index in [-0.39, 0.29) is 11.8 Å². The molecule has 0 aromatic heterocycles. The van der Waals surface area contributed by atoms with Gasteiger partial charge in [0.25, 0.3) is 0 Å². The number of hydrogen-bond acceptors (Lipinski definition) is 2. The third kappa shape index (κ3) is 2.38. The van der Waals surface area contributed by atoms with E-state index in [2.05, 4.69) is 0 Å². The lowest BCUT2D eigenvalue weighted by Gasteiger charge is -2.14. The number of hydrogen-bond donors (Lipinski definition) is 1. The molecule has 0 aromatic rings. The van der Waals surface area contributed by atoms with Crippen LogP contribution in [0.15, 0.2) is 0 Å². The topological polar surface area (TPSA) is 29.5 Å². The molecule has 3 radical (unpaired) electrons. The maximum atomic E-state index is 8.37. The van der Waals surface area contributed by atoms with E-state index < -0.39 is 0 Å². The zero-order valence-electron chi connectivity index (χ0n) is 5.16. The van der Waals surface area contributed by atoms with Gasteiger partial charge >= 0.3 is 7.48 Å². The fraction of sp³-hybridized carbons (Fsp3) is 1.00. The van der Waals surface area contributed by atoms with Crippen LogP contribution in [0.2, 0.25) is 5.82 Å². The fourth-order valence-corrected chi connectivity index (χ4v) is 0.411. The molecule has 2 atom stereocenters. The van der Waals surface area contributed by atoms with Crippen LogP contribution < -0.4 is 0 Å². The van der Waals surface area contributed by atoms with Gasteiger partial charge in [0, 0.05) is 7.11 Å². The second-order valence-corrected chi connectivity index (χ2v) is 1.71. The Hall–Kier alpha value is 0.0499. The third-order valence-corrected chi connectivity index (χ3v) is 0.937. The van der Waals surface area contributed by atoms with Gasteiger partial charge in [-0.1, -0.05) is 12.7 Å². The van der Waals surface area contributed by atoms with E-state index in [1.54, 1.807) is 6.92 Å². The number of methoxy groups -OCH3 is 1. The first kappa shape index (κ1) is 8.05. The SMILES string of the molecule is [B]C(C)C([B]O)OC. The van der Waals surface area contributed by atoms with Crippen LogP contribution in [-0.2, 0) is 4.74 Å². The third-order valence-electron chi connectivity index (χ3n) is 0.937. The minimum atomic E-state index is -0.338. The van der Waals surface area contributed by atoms with E-state index in [9.17, 15) is 0 Å². The van der Waals surface area contributed by atoms with Crippen LogP contribution in [0.4, 0.5) is 0 Å². The Labute approximate surface area is 51.9 Å². The quantitative estimate of drug-likeness (QED) is 0.499. The average molecular weight is 111 g/mol.